The molecule has 0 bridgehead atoms. The number of aromatic nitrogens is 1. The Morgan fingerprint density at radius 1 is 1.15 bits per heavy atom. The second-order valence-corrected chi connectivity index (χ2v) is 3.16. The first-order chi connectivity index (χ1) is 6.45. The highest BCUT2D eigenvalue weighted by atomic mass is 16.5. The molecule has 0 unspecified atom stereocenters. The molecule has 0 saturated heterocycles. The van der Waals surface area contributed by atoms with Crippen LogP contribution >= 0.6 is 0 Å². The number of aromatic amines is 1. The van der Waals surface area contributed by atoms with Crippen molar-refractivity contribution in [1.82, 2.24) is 4.98 Å². The van der Waals surface area contributed by atoms with Gasteiger partial charge < -0.3 is 9.72 Å². The molecular formula is C11H9NO. The van der Waals surface area contributed by atoms with E-state index >= 15 is 0 Å². The van der Waals surface area contributed by atoms with Gasteiger partial charge in [-0.1, -0.05) is 12.1 Å². The third-order valence-electron chi connectivity index (χ3n) is 2.37. The van der Waals surface area contributed by atoms with Gasteiger partial charge >= 0.3 is 0 Å². The van der Waals surface area contributed by atoms with Crippen molar-refractivity contribution < 1.29 is 4.74 Å². The number of rotatable bonds is 0. The Morgan fingerprint density at radius 3 is 3.08 bits per heavy atom. The van der Waals surface area contributed by atoms with Gasteiger partial charge in [-0.25, -0.2) is 0 Å². The van der Waals surface area contributed by atoms with Gasteiger partial charge in [0.2, 0.25) is 0 Å². The number of hydrogen-bond acceptors (Lipinski definition) is 1. The van der Waals surface area contributed by atoms with E-state index in [0.29, 0.717) is 6.61 Å². The molecule has 1 aromatic carbocycles. The molecular weight excluding hydrogens is 162 g/mol. The molecule has 2 heteroatoms. The molecule has 0 aliphatic carbocycles. The lowest BCUT2D eigenvalue weighted by atomic mass is 10.1. The molecule has 0 radical (unpaired) electrons. The predicted octanol–water partition coefficient (Wildman–Crippen LogP) is 2.57. The molecule has 3 rings (SSSR count). The van der Waals surface area contributed by atoms with E-state index in [1.165, 1.54) is 11.3 Å². The lowest BCUT2D eigenvalue weighted by Gasteiger charge is -2.16. The van der Waals surface area contributed by atoms with E-state index in [0.717, 1.165) is 11.3 Å². The fourth-order valence-corrected chi connectivity index (χ4v) is 1.73. The van der Waals surface area contributed by atoms with Gasteiger partial charge in [0, 0.05) is 17.3 Å². The zero-order valence-electron chi connectivity index (χ0n) is 7.08. The Hall–Kier alpha value is -1.70. The summed E-state index contributed by atoms with van der Waals surface area (Å²) in [5.41, 5.74) is 3.59. The van der Waals surface area contributed by atoms with Crippen molar-refractivity contribution in [2.45, 2.75) is 6.61 Å². The molecule has 0 saturated carbocycles. The van der Waals surface area contributed by atoms with Crippen LogP contribution in [0.15, 0.2) is 36.5 Å². The monoisotopic (exact) mass is 171 g/mol. The molecule has 13 heavy (non-hydrogen) atoms. The van der Waals surface area contributed by atoms with Gasteiger partial charge in [-0.15, -0.1) is 0 Å². The summed E-state index contributed by atoms with van der Waals surface area (Å²) in [5, 5.41) is 0. The van der Waals surface area contributed by atoms with E-state index in [2.05, 4.69) is 17.1 Å². The lowest BCUT2D eigenvalue weighted by molar-refractivity contribution is 0.302. The van der Waals surface area contributed by atoms with E-state index in [-0.39, 0.29) is 0 Å². The second-order valence-electron chi connectivity index (χ2n) is 3.16. The third-order valence-corrected chi connectivity index (χ3v) is 2.37. The Balaban J connectivity index is 2.30. The number of nitrogens with one attached hydrogen (secondary N) is 1. The van der Waals surface area contributed by atoms with Crippen LogP contribution in [0.25, 0.3) is 11.3 Å². The van der Waals surface area contributed by atoms with Crippen molar-refractivity contribution >= 4 is 0 Å². The summed E-state index contributed by atoms with van der Waals surface area (Å²) in [4.78, 5) is 3.23. The fourth-order valence-electron chi connectivity index (χ4n) is 1.73. The minimum atomic E-state index is 0.676. The molecule has 1 aliphatic rings. The van der Waals surface area contributed by atoms with Crippen LogP contribution in [0, 0.1) is 0 Å². The Labute approximate surface area is 76.2 Å². The van der Waals surface area contributed by atoms with Crippen LogP contribution < -0.4 is 4.74 Å². The van der Waals surface area contributed by atoms with Gasteiger partial charge in [0.05, 0.1) is 5.69 Å². The molecule has 1 N–H and O–H groups in total. The summed E-state index contributed by atoms with van der Waals surface area (Å²) in [7, 11) is 0. The topological polar surface area (TPSA) is 25.0 Å². The van der Waals surface area contributed by atoms with Crippen LogP contribution in [-0.2, 0) is 6.61 Å². The molecule has 0 atom stereocenters. The quantitative estimate of drug-likeness (QED) is 0.647. The summed E-state index contributed by atoms with van der Waals surface area (Å²) in [6.07, 6.45) is 1.95. The highest BCUT2D eigenvalue weighted by Crippen LogP contribution is 2.35. The number of ether oxygens (including phenoxy) is 1. The van der Waals surface area contributed by atoms with E-state index in [1.807, 2.05) is 24.4 Å². The zero-order chi connectivity index (χ0) is 8.67. The van der Waals surface area contributed by atoms with Crippen LogP contribution in [-0.4, -0.2) is 4.98 Å². The first-order valence-corrected chi connectivity index (χ1v) is 4.33. The zero-order valence-corrected chi connectivity index (χ0v) is 7.08. The Bertz CT molecular complexity index is 445. The standard InChI is InChI=1S/C11H9NO/c1-2-4-10-9(3-1)11-8(7-13-10)5-6-12-11/h1-6,12H,7H2. The summed E-state index contributed by atoms with van der Waals surface area (Å²) in [6, 6.07) is 10.2. The maximum absolute atomic E-state index is 5.59. The van der Waals surface area contributed by atoms with Crippen molar-refractivity contribution in [3.63, 3.8) is 0 Å². The van der Waals surface area contributed by atoms with Crippen LogP contribution in [0.4, 0.5) is 0 Å². The Kier molecular flexibility index (Phi) is 1.25. The third kappa shape index (κ3) is 0.886. The number of H-pyrrole nitrogens is 1. The first kappa shape index (κ1) is 6.78. The van der Waals surface area contributed by atoms with Crippen molar-refractivity contribution in [1.29, 1.82) is 0 Å². The fraction of sp³-hybridized carbons (Fsp3) is 0.0909. The smallest absolute Gasteiger partial charge is 0.129 e. The average Bonchev–Trinajstić information content (AvgIpc) is 2.65. The normalized spacial score (nSPS) is 12.9. The first-order valence-electron chi connectivity index (χ1n) is 4.33. The average molecular weight is 171 g/mol. The Morgan fingerprint density at radius 2 is 2.08 bits per heavy atom. The minimum absolute atomic E-state index is 0.676. The van der Waals surface area contributed by atoms with Crippen LogP contribution in [0.5, 0.6) is 5.75 Å². The van der Waals surface area contributed by atoms with Crippen molar-refractivity contribution in [3.8, 4) is 17.0 Å². The number of hydrogen-bond donors (Lipinski definition) is 1. The molecule has 2 aromatic rings. The molecule has 0 fully saturated rings. The minimum Gasteiger partial charge on any atom is -0.488 e. The molecule has 2 heterocycles. The highest BCUT2D eigenvalue weighted by molar-refractivity contribution is 5.71. The molecule has 0 spiro atoms. The summed E-state index contributed by atoms with van der Waals surface area (Å²) in [6.45, 7) is 0.676. The van der Waals surface area contributed by atoms with Gasteiger partial charge in [-0.2, -0.15) is 0 Å². The van der Waals surface area contributed by atoms with E-state index < -0.39 is 0 Å². The maximum atomic E-state index is 5.59. The summed E-state index contributed by atoms with van der Waals surface area (Å²) in [5.74, 6) is 0.970. The van der Waals surface area contributed by atoms with E-state index in [1.54, 1.807) is 0 Å². The molecule has 64 valence electrons. The SMILES string of the molecule is c1ccc2c(c1)OCc1cc[nH]c1-2. The van der Waals surface area contributed by atoms with Crippen LogP contribution in [0.2, 0.25) is 0 Å². The van der Waals surface area contributed by atoms with Crippen LogP contribution in [0.3, 0.4) is 0 Å². The van der Waals surface area contributed by atoms with E-state index in [9.17, 15) is 0 Å². The molecule has 1 aliphatic heterocycles. The second kappa shape index (κ2) is 2.39. The van der Waals surface area contributed by atoms with Crippen molar-refractivity contribution in [2.75, 3.05) is 0 Å². The summed E-state index contributed by atoms with van der Waals surface area (Å²) < 4.78 is 5.59. The summed E-state index contributed by atoms with van der Waals surface area (Å²) >= 11 is 0. The molecule has 2 nitrogen and oxygen atoms in total. The van der Waals surface area contributed by atoms with Gasteiger partial charge in [-0.05, 0) is 18.2 Å². The number of para-hydroxylation sites is 1. The lowest BCUT2D eigenvalue weighted by Crippen LogP contribution is -2.03. The van der Waals surface area contributed by atoms with Gasteiger partial charge in [0.15, 0.2) is 0 Å². The van der Waals surface area contributed by atoms with Gasteiger partial charge in [-0.3, -0.25) is 0 Å². The predicted molar refractivity (Wildman–Crippen MR) is 50.6 cm³/mol. The molecule has 0 amide bonds. The maximum Gasteiger partial charge on any atom is 0.129 e. The number of benzene rings is 1. The van der Waals surface area contributed by atoms with Gasteiger partial charge in [0.25, 0.3) is 0 Å². The largest absolute Gasteiger partial charge is 0.488 e. The van der Waals surface area contributed by atoms with Crippen LogP contribution in [0.1, 0.15) is 5.56 Å². The van der Waals surface area contributed by atoms with Crippen molar-refractivity contribution in [3.05, 3.63) is 42.1 Å². The molecule has 1 aromatic heterocycles. The van der Waals surface area contributed by atoms with E-state index in [4.69, 9.17) is 4.74 Å². The number of fused-ring (bicyclic) bond motifs is 3. The highest BCUT2D eigenvalue weighted by Gasteiger charge is 2.16. The van der Waals surface area contributed by atoms with Gasteiger partial charge in [0.1, 0.15) is 12.4 Å². The van der Waals surface area contributed by atoms with Crippen molar-refractivity contribution in [2.24, 2.45) is 0 Å².